The van der Waals surface area contributed by atoms with Gasteiger partial charge in [-0.1, -0.05) is 0 Å². The number of nitrogens with one attached hydrogen (secondary N) is 1. The van der Waals surface area contributed by atoms with Crippen LogP contribution in [0.25, 0.3) is 0 Å². The molecular formula is C15H24N2O3. The van der Waals surface area contributed by atoms with Gasteiger partial charge < -0.3 is 20.6 Å². The van der Waals surface area contributed by atoms with Crippen LogP contribution in [-0.4, -0.2) is 52.5 Å². The van der Waals surface area contributed by atoms with Gasteiger partial charge >= 0.3 is 0 Å². The summed E-state index contributed by atoms with van der Waals surface area (Å²) in [5, 5.41) is 32.3. The lowest BCUT2D eigenvalue weighted by Crippen LogP contribution is -2.40. The third-order valence-corrected chi connectivity index (χ3v) is 4.01. The largest absolute Gasteiger partial charge is 0.508 e. The molecule has 1 heterocycles. The van der Waals surface area contributed by atoms with E-state index < -0.39 is 0 Å². The Morgan fingerprint density at radius 3 is 2.85 bits per heavy atom. The van der Waals surface area contributed by atoms with Gasteiger partial charge in [-0.15, -0.1) is 0 Å². The Morgan fingerprint density at radius 2 is 2.20 bits per heavy atom. The standard InChI is InChI=1S/C15H24N2O3/c1-11(14-9-13(19)4-5-15(14)20)17(7-8-18)10-12-3-2-6-16-12/h4-5,9,11-12,16,18-20H,2-3,6-8,10H2,1H3. The highest BCUT2D eigenvalue weighted by atomic mass is 16.3. The molecule has 20 heavy (non-hydrogen) atoms. The van der Waals surface area contributed by atoms with Crippen molar-refractivity contribution in [2.45, 2.75) is 31.8 Å². The maximum atomic E-state index is 9.97. The Bertz CT molecular complexity index is 433. The van der Waals surface area contributed by atoms with Crippen LogP contribution in [0.4, 0.5) is 0 Å². The Kier molecular flexibility index (Phi) is 5.23. The van der Waals surface area contributed by atoms with Crippen LogP contribution in [0.2, 0.25) is 0 Å². The first-order valence-corrected chi connectivity index (χ1v) is 7.22. The molecule has 5 nitrogen and oxygen atoms in total. The number of aliphatic hydroxyl groups is 1. The number of phenolic OH excluding ortho intramolecular Hbond substituents is 2. The highest BCUT2D eigenvalue weighted by Crippen LogP contribution is 2.31. The van der Waals surface area contributed by atoms with Crippen LogP contribution in [-0.2, 0) is 0 Å². The second-order valence-electron chi connectivity index (χ2n) is 5.43. The first-order valence-electron chi connectivity index (χ1n) is 7.22. The predicted octanol–water partition coefficient (Wildman–Crippen LogP) is 1.21. The van der Waals surface area contributed by atoms with Gasteiger partial charge in [0.05, 0.1) is 6.61 Å². The molecule has 2 unspecified atom stereocenters. The number of aromatic hydroxyl groups is 2. The van der Waals surface area contributed by atoms with Crippen LogP contribution >= 0.6 is 0 Å². The molecule has 1 aliphatic heterocycles. The number of rotatable bonds is 6. The molecule has 0 amide bonds. The summed E-state index contributed by atoms with van der Waals surface area (Å²) in [7, 11) is 0. The molecule has 0 aliphatic carbocycles. The molecule has 0 radical (unpaired) electrons. The number of phenols is 2. The monoisotopic (exact) mass is 280 g/mol. The van der Waals surface area contributed by atoms with Gasteiger partial charge in [-0.05, 0) is 44.5 Å². The van der Waals surface area contributed by atoms with Gasteiger partial charge in [0.15, 0.2) is 0 Å². The summed E-state index contributed by atoms with van der Waals surface area (Å²) in [6, 6.07) is 4.94. The molecule has 2 rings (SSSR count). The second-order valence-corrected chi connectivity index (χ2v) is 5.43. The van der Waals surface area contributed by atoms with Crippen molar-refractivity contribution in [2.75, 3.05) is 26.2 Å². The lowest BCUT2D eigenvalue weighted by atomic mass is 10.0. The van der Waals surface area contributed by atoms with Gasteiger partial charge in [0.1, 0.15) is 11.5 Å². The highest BCUT2D eigenvalue weighted by molar-refractivity contribution is 5.40. The fourth-order valence-corrected chi connectivity index (χ4v) is 2.84. The zero-order valence-corrected chi connectivity index (χ0v) is 11.9. The van der Waals surface area contributed by atoms with Gasteiger partial charge in [0, 0.05) is 30.7 Å². The Labute approximate surface area is 119 Å². The van der Waals surface area contributed by atoms with Gasteiger partial charge in [-0.25, -0.2) is 0 Å². The lowest BCUT2D eigenvalue weighted by molar-refractivity contribution is 0.146. The Hall–Kier alpha value is -1.30. The van der Waals surface area contributed by atoms with Crippen molar-refractivity contribution in [3.63, 3.8) is 0 Å². The van der Waals surface area contributed by atoms with Crippen molar-refractivity contribution in [1.82, 2.24) is 10.2 Å². The van der Waals surface area contributed by atoms with E-state index in [0.717, 1.165) is 19.5 Å². The minimum Gasteiger partial charge on any atom is -0.508 e. The smallest absolute Gasteiger partial charge is 0.120 e. The molecule has 112 valence electrons. The molecule has 5 heteroatoms. The van der Waals surface area contributed by atoms with Crippen molar-refractivity contribution in [2.24, 2.45) is 0 Å². The molecule has 4 N–H and O–H groups in total. The molecule has 1 fully saturated rings. The molecule has 2 atom stereocenters. The first-order chi connectivity index (χ1) is 9.61. The van der Waals surface area contributed by atoms with E-state index >= 15 is 0 Å². The minimum absolute atomic E-state index is 0.0587. The summed E-state index contributed by atoms with van der Waals surface area (Å²) in [6.45, 7) is 4.49. The third kappa shape index (κ3) is 3.62. The SMILES string of the molecule is CC(c1cc(O)ccc1O)N(CCO)CC1CCCN1. The van der Waals surface area contributed by atoms with E-state index in [-0.39, 0.29) is 24.1 Å². The van der Waals surface area contributed by atoms with E-state index in [1.54, 1.807) is 6.07 Å². The molecule has 0 saturated carbocycles. The van der Waals surface area contributed by atoms with Gasteiger partial charge in [-0.2, -0.15) is 0 Å². The number of hydrogen-bond acceptors (Lipinski definition) is 5. The molecule has 0 bridgehead atoms. The van der Waals surface area contributed by atoms with E-state index in [1.165, 1.54) is 18.6 Å². The molecule has 1 saturated heterocycles. The number of benzene rings is 1. The fourth-order valence-electron chi connectivity index (χ4n) is 2.84. The third-order valence-electron chi connectivity index (χ3n) is 4.01. The predicted molar refractivity (Wildman–Crippen MR) is 77.9 cm³/mol. The van der Waals surface area contributed by atoms with E-state index in [4.69, 9.17) is 0 Å². The zero-order valence-electron chi connectivity index (χ0n) is 11.9. The van der Waals surface area contributed by atoms with Crippen LogP contribution in [0.1, 0.15) is 31.4 Å². The first kappa shape index (κ1) is 15.1. The van der Waals surface area contributed by atoms with Gasteiger partial charge in [0.25, 0.3) is 0 Å². The maximum absolute atomic E-state index is 9.97. The van der Waals surface area contributed by atoms with E-state index in [9.17, 15) is 15.3 Å². The topological polar surface area (TPSA) is 76.0 Å². The van der Waals surface area contributed by atoms with Crippen LogP contribution < -0.4 is 5.32 Å². The van der Waals surface area contributed by atoms with E-state index in [1.807, 2.05) is 6.92 Å². The lowest BCUT2D eigenvalue weighted by Gasteiger charge is -2.31. The average molecular weight is 280 g/mol. The molecule has 1 aliphatic rings. The van der Waals surface area contributed by atoms with Gasteiger partial charge in [-0.3, -0.25) is 4.90 Å². The summed E-state index contributed by atoms with van der Waals surface area (Å²) in [5.74, 6) is 0.324. The minimum atomic E-state index is -0.0587. The highest BCUT2D eigenvalue weighted by Gasteiger charge is 2.23. The van der Waals surface area contributed by atoms with Crippen LogP contribution in [0.15, 0.2) is 18.2 Å². The second kappa shape index (κ2) is 6.92. The van der Waals surface area contributed by atoms with Crippen molar-refractivity contribution in [3.05, 3.63) is 23.8 Å². The van der Waals surface area contributed by atoms with Gasteiger partial charge in [0.2, 0.25) is 0 Å². The maximum Gasteiger partial charge on any atom is 0.120 e. The molecule has 0 spiro atoms. The summed E-state index contributed by atoms with van der Waals surface area (Å²) >= 11 is 0. The normalized spacial score (nSPS) is 20.4. The number of aliphatic hydroxyl groups excluding tert-OH is 1. The van der Waals surface area contributed by atoms with Crippen LogP contribution in [0, 0.1) is 0 Å². The van der Waals surface area contributed by atoms with Crippen molar-refractivity contribution in [1.29, 1.82) is 0 Å². The summed E-state index contributed by atoms with van der Waals surface area (Å²) in [6.07, 6.45) is 2.32. The van der Waals surface area contributed by atoms with Crippen LogP contribution in [0.5, 0.6) is 11.5 Å². The number of nitrogens with zero attached hydrogens (tertiary/aromatic N) is 1. The summed E-state index contributed by atoms with van der Waals surface area (Å²) in [5.41, 5.74) is 0.691. The summed E-state index contributed by atoms with van der Waals surface area (Å²) in [4.78, 5) is 2.14. The van der Waals surface area contributed by atoms with Crippen molar-refractivity contribution >= 4 is 0 Å². The van der Waals surface area contributed by atoms with Crippen molar-refractivity contribution in [3.8, 4) is 11.5 Å². The molecule has 0 aromatic heterocycles. The Balaban J connectivity index is 2.12. The molecule has 1 aromatic carbocycles. The van der Waals surface area contributed by atoms with E-state index in [2.05, 4.69) is 10.2 Å². The quantitative estimate of drug-likeness (QED) is 0.589. The zero-order chi connectivity index (χ0) is 14.5. The fraction of sp³-hybridized carbons (Fsp3) is 0.600. The molecule has 1 aromatic rings. The summed E-state index contributed by atoms with van der Waals surface area (Å²) < 4.78 is 0. The van der Waals surface area contributed by atoms with E-state index in [0.29, 0.717) is 18.2 Å². The Morgan fingerprint density at radius 1 is 1.40 bits per heavy atom. The molecular weight excluding hydrogens is 256 g/mol. The number of hydrogen-bond donors (Lipinski definition) is 4. The average Bonchev–Trinajstić information content (AvgIpc) is 2.93. The van der Waals surface area contributed by atoms with Crippen LogP contribution in [0.3, 0.4) is 0 Å². The van der Waals surface area contributed by atoms with Crippen molar-refractivity contribution < 1.29 is 15.3 Å².